The lowest BCUT2D eigenvalue weighted by atomic mass is 9.93. The highest BCUT2D eigenvalue weighted by atomic mass is 16.5. The minimum atomic E-state index is -0.164. The largest absolute Gasteiger partial charge is 0.380 e. The summed E-state index contributed by atoms with van der Waals surface area (Å²) in [7, 11) is 0. The van der Waals surface area contributed by atoms with E-state index in [1.165, 1.54) is 0 Å². The third-order valence-electron chi connectivity index (χ3n) is 3.14. The highest BCUT2D eigenvalue weighted by molar-refractivity contribution is 5.76. The Morgan fingerprint density at radius 2 is 2.27 bits per heavy atom. The van der Waals surface area contributed by atoms with Gasteiger partial charge >= 0.3 is 0 Å². The van der Waals surface area contributed by atoms with Gasteiger partial charge in [0.25, 0.3) is 0 Å². The Balaban J connectivity index is 2.36. The van der Waals surface area contributed by atoms with E-state index in [0.29, 0.717) is 6.04 Å². The number of primary amides is 1. The number of carbonyl (C=O) groups excluding carboxylic acids is 1. The second-order valence-corrected chi connectivity index (χ2v) is 4.22. The van der Waals surface area contributed by atoms with E-state index in [9.17, 15) is 4.79 Å². The molecule has 4 heteroatoms. The number of likely N-dealkylation sites (tertiary alicyclic amines) is 1. The second-order valence-electron chi connectivity index (χ2n) is 4.22. The van der Waals surface area contributed by atoms with Gasteiger partial charge in [-0.15, -0.1) is 0 Å². The van der Waals surface area contributed by atoms with Gasteiger partial charge in [-0.3, -0.25) is 9.69 Å². The van der Waals surface area contributed by atoms with Gasteiger partial charge in [-0.25, -0.2) is 0 Å². The van der Waals surface area contributed by atoms with Crippen molar-refractivity contribution in [2.24, 2.45) is 11.7 Å². The molecule has 1 aliphatic rings. The molecule has 2 unspecified atom stereocenters. The minimum absolute atomic E-state index is 0.0304. The van der Waals surface area contributed by atoms with Gasteiger partial charge < -0.3 is 10.5 Å². The maximum Gasteiger partial charge on any atom is 0.221 e. The van der Waals surface area contributed by atoms with Gasteiger partial charge in [0.1, 0.15) is 0 Å². The van der Waals surface area contributed by atoms with E-state index in [1.54, 1.807) is 0 Å². The Morgan fingerprint density at radius 1 is 1.53 bits per heavy atom. The number of nitrogens with zero attached hydrogens (tertiary/aromatic N) is 1. The second kappa shape index (κ2) is 6.08. The van der Waals surface area contributed by atoms with Crippen LogP contribution in [0.4, 0.5) is 0 Å². The molecular formula is C11H22N2O2. The average Bonchev–Trinajstić information content (AvgIpc) is 2.20. The molecule has 0 radical (unpaired) electrons. The van der Waals surface area contributed by atoms with Gasteiger partial charge in [-0.2, -0.15) is 0 Å². The van der Waals surface area contributed by atoms with Crippen molar-refractivity contribution in [1.82, 2.24) is 4.90 Å². The monoisotopic (exact) mass is 214 g/mol. The molecule has 1 saturated heterocycles. The predicted octanol–water partition coefficient (Wildman–Crippen LogP) is 0.609. The SMILES string of the molecule is CCOCCN1CC(C(N)=O)CCC1C. The number of nitrogens with two attached hydrogens (primary N) is 1. The molecule has 0 aromatic rings. The lowest BCUT2D eigenvalue weighted by molar-refractivity contribution is -0.124. The van der Waals surface area contributed by atoms with E-state index >= 15 is 0 Å². The molecule has 88 valence electrons. The topological polar surface area (TPSA) is 55.6 Å². The highest BCUT2D eigenvalue weighted by Crippen LogP contribution is 2.21. The molecule has 0 saturated carbocycles. The van der Waals surface area contributed by atoms with Crippen LogP contribution in [0, 0.1) is 5.92 Å². The van der Waals surface area contributed by atoms with Gasteiger partial charge in [0.15, 0.2) is 0 Å². The van der Waals surface area contributed by atoms with E-state index in [0.717, 1.165) is 39.1 Å². The third kappa shape index (κ3) is 3.80. The van der Waals surface area contributed by atoms with Gasteiger partial charge in [-0.1, -0.05) is 0 Å². The van der Waals surface area contributed by atoms with Crippen molar-refractivity contribution in [3.63, 3.8) is 0 Å². The fraction of sp³-hybridized carbons (Fsp3) is 0.909. The molecular weight excluding hydrogens is 192 g/mol. The normalized spacial score (nSPS) is 27.9. The van der Waals surface area contributed by atoms with Crippen LogP contribution < -0.4 is 5.73 Å². The van der Waals surface area contributed by atoms with Crippen molar-refractivity contribution in [2.45, 2.75) is 32.7 Å². The molecule has 0 aromatic carbocycles. The number of piperidine rings is 1. The van der Waals surface area contributed by atoms with Crippen LogP contribution in [0.15, 0.2) is 0 Å². The van der Waals surface area contributed by atoms with Crippen LogP contribution >= 0.6 is 0 Å². The van der Waals surface area contributed by atoms with Gasteiger partial charge in [0.05, 0.1) is 12.5 Å². The molecule has 0 aromatic heterocycles. The lowest BCUT2D eigenvalue weighted by Gasteiger charge is -2.36. The zero-order chi connectivity index (χ0) is 11.3. The summed E-state index contributed by atoms with van der Waals surface area (Å²) in [5, 5.41) is 0. The van der Waals surface area contributed by atoms with Crippen molar-refractivity contribution >= 4 is 5.91 Å². The van der Waals surface area contributed by atoms with Gasteiger partial charge in [0, 0.05) is 25.7 Å². The first-order chi connectivity index (χ1) is 7.15. The molecule has 2 N–H and O–H groups in total. The summed E-state index contributed by atoms with van der Waals surface area (Å²) < 4.78 is 5.32. The summed E-state index contributed by atoms with van der Waals surface area (Å²) in [4.78, 5) is 13.4. The lowest BCUT2D eigenvalue weighted by Crippen LogP contribution is -2.46. The minimum Gasteiger partial charge on any atom is -0.380 e. The first kappa shape index (κ1) is 12.5. The van der Waals surface area contributed by atoms with Crippen LogP contribution in [0.2, 0.25) is 0 Å². The maximum atomic E-state index is 11.1. The average molecular weight is 214 g/mol. The molecule has 1 aliphatic heterocycles. The smallest absolute Gasteiger partial charge is 0.221 e. The number of hydrogen-bond acceptors (Lipinski definition) is 3. The molecule has 4 nitrogen and oxygen atoms in total. The summed E-state index contributed by atoms with van der Waals surface area (Å²) in [5.74, 6) is -0.133. The Hall–Kier alpha value is -0.610. The Bertz CT molecular complexity index is 209. The van der Waals surface area contributed by atoms with Crippen LogP contribution in [0.25, 0.3) is 0 Å². The molecule has 15 heavy (non-hydrogen) atoms. The van der Waals surface area contributed by atoms with Crippen LogP contribution in [0.5, 0.6) is 0 Å². The number of rotatable bonds is 5. The molecule has 1 fully saturated rings. The summed E-state index contributed by atoms with van der Waals surface area (Å²) in [5.41, 5.74) is 5.33. The van der Waals surface area contributed by atoms with Crippen molar-refractivity contribution in [3.8, 4) is 0 Å². The molecule has 0 bridgehead atoms. The quantitative estimate of drug-likeness (QED) is 0.682. The predicted molar refractivity (Wildman–Crippen MR) is 59.4 cm³/mol. The van der Waals surface area contributed by atoms with Crippen molar-refractivity contribution in [3.05, 3.63) is 0 Å². The van der Waals surface area contributed by atoms with E-state index in [-0.39, 0.29) is 11.8 Å². The Kier molecular flexibility index (Phi) is 5.05. The van der Waals surface area contributed by atoms with Gasteiger partial charge in [0.2, 0.25) is 5.91 Å². The van der Waals surface area contributed by atoms with E-state index in [4.69, 9.17) is 10.5 Å². The maximum absolute atomic E-state index is 11.1. The van der Waals surface area contributed by atoms with E-state index in [1.807, 2.05) is 6.92 Å². The van der Waals surface area contributed by atoms with Crippen molar-refractivity contribution in [2.75, 3.05) is 26.3 Å². The summed E-state index contributed by atoms with van der Waals surface area (Å²) in [6, 6.07) is 0.543. The highest BCUT2D eigenvalue weighted by Gasteiger charge is 2.27. The fourth-order valence-corrected chi connectivity index (χ4v) is 2.05. The van der Waals surface area contributed by atoms with Crippen LogP contribution in [-0.4, -0.2) is 43.2 Å². The van der Waals surface area contributed by atoms with Gasteiger partial charge in [-0.05, 0) is 26.7 Å². The molecule has 0 aliphatic carbocycles. The Morgan fingerprint density at radius 3 is 2.87 bits per heavy atom. The van der Waals surface area contributed by atoms with Crippen molar-refractivity contribution < 1.29 is 9.53 Å². The molecule has 1 amide bonds. The van der Waals surface area contributed by atoms with E-state index < -0.39 is 0 Å². The molecule has 2 atom stereocenters. The third-order valence-corrected chi connectivity index (χ3v) is 3.14. The number of hydrogen-bond donors (Lipinski definition) is 1. The first-order valence-corrected chi connectivity index (χ1v) is 5.76. The van der Waals surface area contributed by atoms with Crippen LogP contribution in [0.3, 0.4) is 0 Å². The molecule has 1 heterocycles. The first-order valence-electron chi connectivity index (χ1n) is 5.76. The zero-order valence-electron chi connectivity index (χ0n) is 9.74. The molecule has 1 rings (SSSR count). The van der Waals surface area contributed by atoms with Crippen LogP contribution in [-0.2, 0) is 9.53 Å². The van der Waals surface area contributed by atoms with E-state index in [2.05, 4.69) is 11.8 Å². The number of ether oxygens (including phenoxy) is 1. The number of carbonyl (C=O) groups is 1. The van der Waals surface area contributed by atoms with Crippen LogP contribution in [0.1, 0.15) is 26.7 Å². The Labute approximate surface area is 91.8 Å². The fourth-order valence-electron chi connectivity index (χ4n) is 2.05. The summed E-state index contributed by atoms with van der Waals surface area (Å²) in [6.45, 7) is 7.38. The number of amides is 1. The van der Waals surface area contributed by atoms with Crippen molar-refractivity contribution in [1.29, 1.82) is 0 Å². The summed E-state index contributed by atoms with van der Waals surface area (Å²) >= 11 is 0. The molecule has 0 spiro atoms. The summed E-state index contributed by atoms with van der Waals surface area (Å²) in [6.07, 6.45) is 1.99. The zero-order valence-corrected chi connectivity index (χ0v) is 9.74. The standard InChI is InChI=1S/C11H22N2O2/c1-3-15-7-6-13-8-10(11(12)14)5-4-9(13)2/h9-10H,3-8H2,1-2H3,(H2,12,14).